The summed E-state index contributed by atoms with van der Waals surface area (Å²) in [5.41, 5.74) is 0.946. The molecule has 0 saturated heterocycles. The second kappa shape index (κ2) is 14.2. The average Bonchev–Trinajstić information content (AvgIpc) is 2.71. The van der Waals surface area contributed by atoms with Gasteiger partial charge >= 0.3 is 5.97 Å². The van der Waals surface area contributed by atoms with E-state index in [4.69, 9.17) is 14.2 Å². The van der Waals surface area contributed by atoms with Crippen LogP contribution < -0.4 is 4.74 Å². The van der Waals surface area contributed by atoms with Gasteiger partial charge in [-0.15, -0.1) is 0 Å². The van der Waals surface area contributed by atoms with Crippen LogP contribution in [0.25, 0.3) is 0 Å². The lowest BCUT2D eigenvalue weighted by Crippen LogP contribution is -2.33. The summed E-state index contributed by atoms with van der Waals surface area (Å²) in [4.78, 5) is 12.0. The third kappa shape index (κ3) is 9.95. The highest BCUT2D eigenvalue weighted by atomic mass is 16.7. The number of aliphatic carboxylic acids is 1. The Morgan fingerprint density at radius 1 is 1.17 bits per heavy atom. The van der Waals surface area contributed by atoms with Crippen molar-refractivity contribution in [1.29, 1.82) is 0 Å². The van der Waals surface area contributed by atoms with Crippen LogP contribution >= 0.6 is 0 Å². The SMILES string of the molecule is CC[C@H](C)C[C@H](C)/C=C/CC[C@H](OCOC)[C@@H](Cc1ccc(OC)cc1)C(=O)O. The minimum absolute atomic E-state index is 0.0885. The molecular formula is C24H38O5. The lowest BCUT2D eigenvalue weighted by Gasteiger charge is -2.24. The summed E-state index contributed by atoms with van der Waals surface area (Å²) in [5, 5.41) is 9.81. The van der Waals surface area contributed by atoms with Gasteiger partial charge in [0.05, 0.1) is 19.1 Å². The van der Waals surface area contributed by atoms with Crippen LogP contribution in [0.5, 0.6) is 5.75 Å². The van der Waals surface area contributed by atoms with Gasteiger partial charge in [0, 0.05) is 7.11 Å². The molecule has 5 heteroatoms. The Kier molecular flexibility index (Phi) is 12.3. The maximum atomic E-state index is 12.0. The van der Waals surface area contributed by atoms with E-state index in [0.717, 1.165) is 17.7 Å². The number of hydrogen-bond donors (Lipinski definition) is 1. The number of carbonyl (C=O) groups is 1. The first-order valence-electron chi connectivity index (χ1n) is 10.5. The molecule has 0 saturated carbocycles. The van der Waals surface area contributed by atoms with Gasteiger partial charge in [0.2, 0.25) is 0 Å². The Labute approximate surface area is 176 Å². The molecule has 0 heterocycles. The summed E-state index contributed by atoms with van der Waals surface area (Å²) in [6.45, 7) is 6.81. The molecule has 0 aliphatic heterocycles. The number of ether oxygens (including phenoxy) is 3. The van der Waals surface area contributed by atoms with Crippen LogP contribution in [0.15, 0.2) is 36.4 Å². The van der Waals surface area contributed by atoms with Crippen LogP contribution in [-0.4, -0.2) is 38.2 Å². The summed E-state index contributed by atoms with van der Waals surface area (Å²) in [6, 6.07) is 7.50. The fraction of sp³-hybridized carbons (Fsp3) is 0.625. The monoisotopic (exact) mass is 406 g/mol. The van der Waals surface area contributed by atoms with Crippen molar-refractivity contribution in [3.05, 3.63) is 42.0 Å². The Bertz CT molecular complexity index is 596. The Morgan fingerprint density at radius 2 is 1.86 bits per heavy atom. The number of allylic oxidation sites excluding steroid dienone is 2. The van der Waals surface area contributed by atoms with Crippen LogP contribution in [0, 0.1) is 17.8 Å². The van der Waals surface area contributed by atoms with Gasteiger partial charge < -0.3 is 19.3 Å². The highest BCUT2D eigenvalue weighted by Gasteiger charge is 2.29. The number of carboxylic acid groups (broad SMARTS) is 1. The quantitative estimate of drug-likeness (QED) is 0.315. The van der Waals surface area contributed by atoms with Crippen molar-refractivity contribution in [3.8, 4) is 5.75 Å². The van der Waals surface area contributed by atoms with E-state index in [2.05, 4.69) is 32.9 Å². The molecule has 0 unspecified atom stereocenters. The average molecular weight is 407 g/mol. The molecule has 0 spiro atoms. The minimum Gasteiger partial charge on any atom is -0.497 e. The zero-order chi connectivity index (χ0) is 21.6. The highest BCUT2D eigenvalue weighted by Crippen LogP contribution is 2.22. The maximum absolute atomic E-state index is 12.0. The summed E-state index contributed by atoms with van der Waals surface area (Å²) in [6.07, 6.45) is 8.17. The Morgan fingerprint density at radius 3 is 2.41 bits per heavy atom. The van der Waals surface area contributed by atoms with Crippen molar-refractivity contribution in [3.63, 3.8) is 0 Å². The first-order valence-corrected chi connectivity index (χ1v) is 10.5. The molecule has 1 rings (SSSR count). The molecule has 29 heavy (non-hydrogen) atoms. The molecule has 164 valence electrons. The zero-order valence-corrected chi connectivity index (χ0v) is 18.6. The standard InChI is InChI=1S/C24H38O5/c1-6-18(2)15-19(3)9-7-8-10-23(29-17-27-4)22(24(25)26)16-20-11-13-21(28-5)14-12-20/h7,9,11-14,18-19,22-23H,6,8,10,15-17H2,1-5H3,(H,25,26)/b9-7+/t18-,19+,22+,23-/m0/s1. The van der Waals surface area contributed by atoms with Gasteiger partial charge in [0.15, 0.2) is 0 Å². The predicted octanol–water partition coefficient (Wildman–Crippen LogP) is 5.34. The smallest absolute Gasteiger partial charge is 0.309 e. The van der Waals surface area contributed by atoms with Crippen molar-refractivity contribution in [2.45, 2.75) is 59.0 Å². The summed E-state index contributed by atoms with van der Waals surface area (Å²) >= 11 is 0. The number of hydrogen-bond acceptors (Lipinski definition) is 4. The van der Waals surface area contributed by atoms with Gasteiger partial charge in [-0.2, -0.15) is 0 Å². The van der Waals surface area contributed by atoms with E-state index in [-0.39, 0.29) is 6.79 Å². The molecule has 1 N–H and O–H groups in total. The molecule has 0 aliphatic rings. The summed E-state index contributed by atoms with van der Waals surface area (Å²) in [7, 11) is 3.16. The minimum atomic E-state index is -0.851. The zero-order valence-electron chi connectivity index (χ0n) is 18.6. The Hall–Kier alpha value is -1.85. The molecule has 1 aromatic rings. The van der Waals surface area contributed by atoms with Crippen LogP contribution in [-0.2, 0) is 20.7 Å². The lowest BCUT2D eigenvalue weighted by molar-refractivity contribution is -0.153. The normalized spacial score (nSPS) is 15.8. The predicted molar refractivity (Wildman–Crippen MR) is 116 cm³/mol. The van der Waals surface area contributed by atoms with Gasteiger partial charge in [-0.1, -0.05) is 51.5 Å². The van der Waals surface area contributed by atoms with E-state index >= 15 is 0 Å². The van der Waals surface area contributed by atoms with Crippen LogP contribution in [0.4, 0.5) is 0 Å². The molecule has 4 atom stereocenters. The maximum Gasteiger partial charge on any atom is 0.309 e. The fourth-order valence-electron chi connectivity index (χ4n) is 3.42. The molecule has 0 amide bonds. The van der Waals surface area contributed by atoms with E-state index in [0.29, 0.717) is 24.7 Å². The summed E-state index contributed by atoms with van der Waals surface area (Å²) < 4.78 is 16.0. The van der Waals surface area contributed by atoms with Crippen molar-refractivity contribution in [2.24, 2.45) is 17.8 Å². The van der Waals surface area contributed by atoms with Crippen molar-refractivity contribution < 1.29 is 24.1 Å². The van der Waals surface area contributed by atoms with E-state index < -0.39 is 18.0 Å². The van der Waals surface area contributed by atoms with Crippen LogP contribution in [0.1, 0.15) is 52.0 Å². The molecule has 1 aromatic carbocycles. The van der Waals surface area contributed by atoms with Gasteiger partial charge in [-0.3, -0.25) is 4.79 Å². The van der Waals surface area contributed by atoms with E-state index in [1.807, 2.05) is 24.3 Å². The van der Waals surface area contributed by atoms with E-state index in [9.17, 15) is 9.90 Å². The van der Waals surface area contributed by atoms with E-state index in [1.54, 1.807) is 14.2 Å². The number of rotatable bonds is 15. The van der Waals surface area contributed by atoms with Crippen molar-refractivity contribution >= 4 is 5.97 Å². The van der Waals surface area contributed by atoms with E-state index in [1.165, 1.54) is 12.8 Å². The number of benzene rings is 1. The molecule has 0 radical (unpaired) electrons. The summed E-state index contributed by atoms with van der Waals surface area (Å²) in [5.74, 6) is 0.510. The second-order valence-corrected chi connectivity index (χ2v) is 7.84. The lowest BCUT2D eigenvalue weighted by atomic mass is 9.90. The number of carboxylic acids is 1. The molecule has 0 aliphatic carbocycles. The second-order valence-electron chi connectivity index (χ2n) is 7.84. The van der Waals surface area contributed by atoms with Crippen LogP contribution in [0.3, 0.4) is 0 Å². The number of methoxy groups -OCH3 is 2. The van der Waals surface area contributed by atoms with Gasteiger partial charge in [-0.25, -0.2) is 0 Å². The molecule has 0 aromatic heterocycles. The van der Waals surface area contributed by atoms with Crippen LogP contribution in [0.2, 0.25) is 0 Å². The fourth-order valence-corrected chi connectivity index (χ4v) is 3.42. The largest absolute Gasteiger partial charge is 0.497 e. The molecular weight excluding hydrogens is 368 g/mol. The molecule has 0 bridgehead atoms. The topological polar surface area (TPSA) is 65.0 Å². The van der Waals surface area contributed by atoms with Crippen molar-refractivity contribution in [1.82, 2.24) is 0 Å². The van der Waals surface area contributed by atoms with Gasteiger partial charge in [-0.05, 0) is 55.2 Å². The van der Waals surface area contributed by atoms with Crippen molar-refractivity contribution in [2.75, 3.05) is 21.0 Å². The van der Waals surface area contributed by atoms with Gasteiger partial charge in [0.1, 0.15) is 12.5 Å². The third-order valence-corrected chi connectivity index (χ3v) is 5.33. The first kappa shape index (κ1) is 25.2. The first-order chi connectivity index (χ1) is 13.9. The third-order valence-electron chi connectivity index (χ3n) is 5.33. The molecule has 0 fully saturated rings. The molecule has 5 nitrogen and oxygen atoms in total. The highest BCUT2D eigenvalue weighted by molar-refractivity contribution is 5.71. The Balaban J connectivity index is 2.73. The van der Waals surface area contributed by atoms with Gasteiger partial charge in [0.25, 0.3) is 0 Å².